The Morgan fingerprint density at radius 1 is 1.20 bits per heavy atom. The van der Waals surface area contributed by atoms with Gasteiger partial charge in [-0.2, -0.15) is 0 Å². The molecule has 6 nitrogen and oxygen atoms in total. The number of thiocarbonyl (C=S) groups is 1. The Labute approximate surface area is 155 Å². The number of hydrogen-bond acceptors (Lipinski definition) is 4. The first kappa shape index (κ1) is 17.3. The molecule has 3 rings (SSSR count). The van der Waals surface area contributed by atoms with Crippen molar-refractivity contribution in [2.45, 2.75) is 13.0 Å². The van der Waals surface area contributed by atoms with Crippen LogP contribution in [-0.2, 0) is 4.79 Å². The van der Waals surface area contributed by atoms with Gasteiger partial charge in [-0.05, 0) is 49.0 Å². The molecule has 0 aliphatic carbocycles. The fourth-order valence-electron chi connectivity index (χ4n) is 2.18. The van der Waals surface area contributed by atoms with Crippen LogP contribution in [0.1, 0.15) is 5.56 Å². The van der Waals surface area contributed by atoms with Crippen LogP contribution >= 0.6 is 23.8 Å². The molecule has 1 atom stereocenters. The number of benzene rings is 2. The normalized spacial score (nSPS) is 15.2. The number of ether oxygens (including phenoxy) is 2. The molecule has 0 saturated carbocycles. The summed E-state index contributed by atoms with van der Waals surface area (Å²) < 4.78 is 11.1. The molecule has 0 fully saturated rings. The van der Waals surface area contributed by atoms with E-state index in [1.165, 1.54) is 0 Å². The van der Waals surface area contributed by atoms with Crippen molar-refractivity contribution >= 4 is 40.5 Å². The van der Waals surface area contributed by atoms with Crippen LogP contribution in [0.4, 0.5) is 5.69 Å². The maximum atomic E-state index is 12.2. The van der Waals surface area contributed by atoms with Crippen molar-refractivity contribution in [1.29, 1.82) is 0 Å². The fourth-order valence-corrected chi connectivity index (χ4v) is 2.53. The van der Waals surface area contributed by atoms with Gasteiger partial charge in [0.25, 0.3) is 5.91 Å². The van der Waals surface area contributed by atoms with Crippen LogP contribution in [-0.4, -0.2) is 23.7 Å². The number of carbonyl (C=O) groups excluding carboxylic acids is 1. The summed E-state index contributed by atoms with van der Waals surface area (Å²) in [5.74, 6) is 0.762. The monoisotopic (exact) mass is 377 g/mol. The number of amides is 1. The molecule has 1 aliphatic heterocycles. The van der Waals surface area contributed by atoms with Crippen LogP contribution in [0.15, 0.2) is 42.5 Å². The van der Waals surface area contributed by atoms with E-state index in [0.29, 0.717) is 22.2 Å². The first-order valence-electron chi connectivity index (χ1n) is 7.54. The zero-order chi connectivity index (χ0) is 17.8. The lowest BCUT2D eigenvalue weighted by atomic mass is 10.2. The molecular formula is C17H16ClN3O3S. The van der Waals surface area contributed by atoms with Crippen LogP contribution < -0.4 is 25.6 Å². The molecule has 1 heterocycles. The average molecular weight is 378 g/mol. The smallest absolute Gasteiger partial charge is 0.283 e. The third kappa shape index (κ3) is 4.32. The van der Waals surface area contributed by atoms with Crippen LogP contribution in [0.5, 0.6) is 11.5 Å². The van der Waals surface area contributed by atoms with Crippen molar-refractivity contribution in [2.75, 3.05) is 11.9 Å². The maximum absolute atomic E-state index is 12.2. The molecule has 0 aromatic heterocycles. The van der Waals surface area contributed by atoms with Crippen molar-refractivity contribution in [3.8, 4) is 11.5 Å². The summed E-state index contributed by atoms with van der Waals surface area (Å²) in [6.45, 7) is 2.03. The fraction of sp³-hybridized carbons (Fsp3) is 0.176. The van der Waals surface area contributed by atoms with Gasteiger partial charge in [0.05, 0.1) is 0 Å². The minimum Gasteiger partial charge on any atom is -0.485 e. The molecular weight excluding hydrogens is 362 g/mol. The Kier molecular flexibility index (Phi) is 5.25. The van der Waals surface area contributed by atoms with Gasteiger partial charge in [0.1, 0.15) is 6.61 Å². The van der Waals surface area contributed by atoms with Crippen LogP contribution in [0.3, 0.4) is 0 Å². The molecule has 0 bridgehead atoms. The van der Waals surface area contributed by atoms with Gasteiger partial charge < -0.3 is 14.8 Å². The summed E-state index contributed by atoms with van der Waals surface area (Å²) in [7, 11) is 0. The van der Waals surface area contributed by atoms with Crippen molar-refractivity contribution in [3.63, 3.8) is 0 Å². The van der Waals surface area contributed by atoms with Gasteiger partial charge in [0.2, 0.25) is 6.10 Å². The molecule has 25 heavy (non-hydrogen) atoms. The van der Waals surface area contributed by atoms with E-state index in [-0.39, 0.29) is 17.6 Å². The van der Waals surface area contributed by atoms with E-state index >= 15 is 0 Å². The highest BCUT2D eigenvalue weighted by Gasteiger charge is 2.27. The first-order chi connectivity index (χ1) is 12.0. The number of para-hydroxylation sites is 2. The van der Waals surface area contributed by atoms with E-state index in [2.05, 4.69) is 16.2 Å². The third-order valence-corrected chi connectivity index (χ3v) is 4.14. The van der Waals surface area contributed by atoms with Gasteiger partial charge in [0.15, 0.2) is 16.6 Å². The standard InChI is InChI=1S/C17H16ClN3O3S/c1-10-6-7-11(8-12(10)18)19-17(25)21-20-16(22)15-9-23-13-4-2-3-5-14(13)24-15/h2-8,15H,9H2,1H3,(H,20,22)(H2,19,21,25). The minimum atomic E-state index is -0.765. The van der Waals surface area contributed by atoms with Crippen molar-refractivity contribution in [3.05, 3.63) is 53.1 Å². The Hall–Kier alpha value is -2.51. The lowest BCUT2D eigenvalue weighted by molar-refractivity contribution is -0.130. The summed E-state index contributed by atoms with van der Waals surface area (Å²) >= 11 is 11.2. The topological polar surface area (TPSA) is 71.6 Å². The molecule has 130 valence electrons. The molecule has 2 aromatic carbocycles. The molecule has 1 unspecified atom stereocenters. The Balaban J connectivity index is 1.50. The van der Waals surface area contributed by atoms with Crippen molar-refractivity contribution in [1.82, 2.24) is 10.9 Å². The summed E-state index contributed by atoms with van der Waals surface area (Å²) in [4.78, 5) is 12.2. The number of hydrogen-bond donors (Lipinski definition) is 3. The quantitative estimate of drug-likeness (QED) is 0.552. The second-order valence-corrected chi connectivity index (χ2v) is 6.21. The minimum absolute atomic E-state index is 0.123. The predicted molar refractivity (Wildman–Crippen MR) is 100 cm³/mol. The van der Waals surface area contributed by atoms with Gasteiger partial charge in [-0.3, -0.25) is 15.6 Å². The van der Waals surface area contributed by atoms with Crippen molar-refractivity contribution < 1.29 is 14.3 Å². The van der Waals surface area contributed by atoms with Gasteiger partial charge in [-0.25, -0.2) is 0 Å². The lowest BCUT2D eigenvalue weighted by Gasteiger charge is -2.25. The second-order valence-electron chi connectivity index (χ2n) is 5.40. The zero-order valence-electron chi connectivity index (χ0n) is 13.3. The number of anilines is 1. The first-order valence-corrected chi connectivity index (χ1v) is 8.33. The Morgan fingerprint density at radius 2 is 1.96 bits per heavy atom. The van der Waals surface area contributed by atoms with Gasteiger partial charge >= 0.3 is 0 Å². The number of rotatable bonds is 2. The number of hydrazine groups is 1. The Bertz CT molecular complexity index is 815. The third-order valence-electron chi connectivity index (χ3n) is 3.53. The SMILES string of the molecule is Cc1ccc(NC(=S)NNC(=O)C2COc3ccccc3O2)cc1Cl. The lowest BCUT2D eigenvalue weighted by Crippen LogP contribution is -2.51. The number of fused-ring (bicyclic) bond motifs is 1. The van der Waals surface area contributed by atoms with Crippen molar-refractivity contribution in [2.24, 2.45) is 0 Å². The number of halogens is 1. The van der Waals surface area contributed by atoms with Crippen LogP contribution in [0.25, 0.3) is 0 Å². The Morgan fingerprint density at radius 3 is 2.72 bits per heavy atom. The highest BCUT2D eigenvalue weighted by Crippen LogP contribution is 2.30. The highest BCUT2D eigenvalue weighted by atomic mass is 35.5. The van der Waals surface area contributed by atoms with E-state index < -0.39 is 6.10 Å². The molecule has 3 N–H and O–H groups in total. The molecule has 1 amide bonds. The number of aryl methyl sites for hydroxylation is 1. The van der Waals surface area contributed by atoms with Crippen LogP contribution in [0.2, 0.25) is 5.02 Å². The maximum Gasteiger partial charge on any atom is 0.283 e. The van der Waals surface area contributed by atoms with Gasteiger partial charge in [0, 0.05) is 10.7 Å². The molecule has 0 spiro atoms. The summed E-state index contributed by atoms with van der Waals surface area (Å²) in [5, 5.41) is 3.79. The molecule has 1 aliphatic rings. The average Bonchev–Trinajstić information content (AvgIpc) is 2.62. The van der Waals surface area contributed by atoms with Crippen LogP contribution in [0, 0.1) is 6.92 Å². The van der Waals surface area contributed by atoms with E-state index in [1.54, 1.807) is 18.2 Å². The van der Waals surface area contributed by atoms with E-state index in [1.807, 2.05) is 31.2 Å². The van der Waals surface area contributed by atoms with Gasteiger partial charge in [-0.1, -0.05) is 29.8 Å². The predicted octanol–water partition coefficient (Wildman–Crippen LogP) is 2.81. The number of nitrogens with one attached hydrogen (secondary N) is 3. The van der Waals surface area contributed by atoms with Gasteiger partial charge in [-0.15, -0.1) is 0 Å². The zero-order valence-corrected chi connectivity index (χ0v) is 14.9. The summed E-state index contributed by atoms with van der Waals surface area (Å²) in [6, 6.07) is 12.6. The molecule has 8 heteroatoms. The molecule has 0 saturated heterocycles. The highest BCUT2D eigenvalue weighted by molar-refractivity contribution is 7.80. The largest absolute Gasteiger partial charge is 0.485 e. The molecule has 0 radical (unpaired) electrons. The van der Waals surface area contributed by atoms with E-state index in [9.17, 15) is 4.79 Å². The number of carbonyl (C=O) groups is 1. The summed E-state index contributed by atoms with van der Waals surface area (Å²) in [6.07, 6.45) is -0.765. The second kappa shape index (κ2) is 7.58. The summed E-state index contributed by atoms with van der Waals surface area (Å²) in [5.41, 5.74) is 6.81. The molecule has 2 aromatic rings. The van der Waals surface area contributed by atoms with E-state index in [0.717, 1.165) is 5.56 Å². The van der Waals surface area contributed by atoms with E-state index in [4.69, 9.17) is 33.3 Å².